The summed E-state index contributed by atoms with van der Waals surface area (Å²) in [5.41, 5.74) is 0.980. The summed E-state index contributed by atoms with van der Waals surface area (Å²) in [6.07, 6.45) is 6.15. The number of nitrogens with one attached hydrogen (secondary N) is 1. The number of urea groups is 1. The molecule has 21 heavy (non-hydrogen) atoms. The van der Waals surface area contributed by atoms with E-state index in [0.29, 0.717) is 24.9 Å². The first-order chi connectivity index (χ1) is 9.95. The lowest BCUT2D eigenvalue weighted by molar-refractivity contribution is 0.0695. The SMILES string of the molecule is C#CCC(C)NC(=O)N(C)CCc1ccccc1C(=O)O. The molecule has 2 N–H and O–H groups in total. The van der Waals surface area contributed by atoms with Gasteiger partial charge in [0.2, 0.25) is 0 Å². The van der Waals surface area contributed by atoms with E-state index in [1.54, 1.807) is 31.3 Å². The predicted molar refractivity (Wildman–Crippen MR) is 81.2 cm³/mol. The molecule has 0 bridgehead atoms. The molecule has 0 saturated heterocycles. The number of benzene rings is 1. The summed E-state index contributed by atoms with van der Waals surface area (Å²) in [6.45, 7) is 2.27. The number of aromatic carboxylic acids is 1. The second-order valence-electron chi connectivity index (χ2n) is 4.89. The van der Waals surface area contributed by atoms with E-state index in [0.717, 1.165) is 0 Å². The van der Waals surface area contributed by atoms with Crippen LogP contribution in [-0.4, -0.2) is 41.6 Å². The van der Waals surface area contributed by atoms with E-state index in [9.17, 15) is 9.59 Å². The van der Waals surface area contributed by atoms with Gasteiger partial charge in [-0.25, -0.2) is 9.59 Å². The van der Waals surface area contributed by atoms with E-state index in [2.05, 4.69) is 11.2 Å². The Morgan fingerprint density at radius 3 is 2.71 bits per heavy atom. The van der Waals surface area contributed by atoms with Crippen LogP contribution in [0, 0.1) is 12.3 Å². The van der Waals surface area contributed by atoms with Gasteiger partial charge in [0.25, 0.3) is 0 Å². The average molecular weight is 288 g/mol. The molecule has 0 saturated carbocycles. The average Bonchev–Trinajstić information content (AvgIpc) is 2.45. The van der Waals surface area contributed by atoms with Crippen LogP contribution in [0.1, 0.15) is 29.3 Å². The van der Waals surface area contributed by atoms with Crippen molar-refractivity contribution in [1.82, 2.24) is 10.2 Å². The van der Waals surface area contributed by atoms with Crippen LogP contribution >= 0.6 is 0 Å². The Bertz CT molecular complexity index is 549. The summed E-state index contributed by atoms with van der Waals surface area (Å²) in [5, 5.41) is 11.9. The van der Waals surface area contributed by atoms with Crippen molar-refractivity contribution >= 4 is 12.0 Å². The van der Waals surface area contributed by atoms with Gasteiger partial charge in [0.05, 0.1) is 5.56 Å². The molecule has 0 aliphatic carbocycles. The number of carbonyl (C=O) groups is 2. The van der Waals surface area contributed by atoms with Gasteiger partial charge in [0, 0.05) is 26.1 Å². The number of terminal acetylenes is 1. The second-order valence-corrected chi connectivity index (χ2v) is 4.89. The minimum Gasteiger partial charge on any atom is -0.478 e. The molecular weight excluding hydrogens is 268 g/mol. The van der Waals surface area contributed by atoms with Gasteiger partial charge in [-0.1, -0.05) is 18.2 Å². The molecule has 5 heteroatoms. The fourth-order valence-electron chi connectivity index (χ4n) is 1.89. The predicted octanol–water partition coefficient (Wildman–Crippen LogP) is 1.98. The summed E-state index contributed by atoms with van der Waals surface area (Å²) in [7, 11) is 1.67. The van der Waals surface area contributed by atoms with E-state index in [1.807, 2.05) is 6.92 Å². The zero-order valence-corrected chi connectivity index (χ0v) is 12.3. The summed E-state index contributed by atoms with van der Waals surface area (Å²) in [5.74, 6) is 1.53. The van der Waals surface area contributed by atoms with E-state index in [1.165, 1.54) is 4.90 Å². The van der Waals surface area contributed by atoms with Crippen molar-refractivity contribution in [3.63, 3.8) is 0 Å². The lowest BCUT2D eigenvalue weighted by Gasteiger charge is -2.20. The van der Waals surface area contributed by atoms with Crippen LogP contribution in [0.25, 0.3) is 0 Å². The second kappa shape index (κ2) is 7.95. The topological polar surface area (TPSA) is 69.6 Å². The van der Waals surface area contributed by atoms with Gasteiger partial charge in [0.1, 0.15) is 0 Å². The molecule has 1 aromatic carbocycles. The third kappa shape index (κ3) is 5.19. The molecule has 0 aliphatic rings. The smallest absolute Gasteiger partial charge is 0.335 e. The summed E-state index contributed by atoms with van der Waals surface area (Å²) in [4.78, 5) is 24.5. The number of rotatable bonds is 6. The van der Waals surface area contributed by atoms with Crippen molar-refractivity contribution in [2.24, 2.45) is 0 Å². The lowest BCUT2D eigenvalue weighted by atomic mass is 10.0. The summed E-state index contributed by atoms with van der Waals surface area (Å²) in [6, 6.07) is 6.49. The highest BCUT2D eigenvalue weighted by Gasteiger charge is 2.13. The first-order valence-electron chi connectivity index (χ1n) is 6.72. The molecule has 1 rings (SSSR count). The van der Waals surface area contributed by atoms with Crippen molar-refractivity contribution < 1.29 is 14.7 Å². The highest BCUT2D eigenvalue weighted by atomic mass is 16.4. The van der Waals surface area contributed by atoms with Gasteiger partial charge in [-0.15, -0.1) is 12.3 Å². The molecule has 1 aromatic rings. The van der Waals surface area contributed by atoms with E-state index in [-0.39, 0.29) is 17.6 Å². The Kier molecular flexibility index (Phi) is 6.28. The fourth-order valence-corrected chi connectivity index (χ4v) is 1.89. The Hall–Kier alpha value is -2.48. The van der Waals surface area contributed by atoms with Crippen molar-refractivity contribution in [1.29, 1.82) is 0 Å². The van der Waals surface area contributed by atoms with Crippen LogP contribution in [0.4, 0.5) is 4.79 Å². The van der Waals surface area contributed by atoms with Crippen LogP contribution in [-0.2, 0) is 6.42 Å². The fraction of sp³-hybridized carbons (Fsp3) is 0.375. The van der Waals surface area contributed by atoms with Gasteiger partial charge in [-0.2, -0.15) is 0 Å². The van der Waals surface area contributed by atoms with Crippen molar-refractivity contribution in [3.05, 3.63) is 35.4 Å². The minimum absolute atomic E-state index is 0.0868. The summed E-state index contributed by atoms with van der Waals surface area (Å²) >= 11 is 0. The first kappa shape index (κ1) is 16.6. The molecule has 0 radical (unpaired) electrons. The third-order valence-corrected chi connectivity index (χ3v) is 3.10. The Balaban J connectivity index is 2.57. The van der Waals surface area contributed by atoms with Crippen molar-refractivity contribution in [2.75, 3.05) is 13.6 Å². The molecule has 1 atom stereocenters. The number of carboxylic acids is 1. The van der Waals surface area contributed by atoms with Gasteiger partial charge in [-0.3, -0.25) is 0 Å². The van der Waals surface area contributed by atoms with E-state index < -0.39 is 5.97 Å². The number of nitrogens with zero attached hydrogens (tertiary/aromatic N) is 1. The maximum Gasteiger partial charge on any atom is 0.335 e. The number of likely N-dealkylation sites (N-methyl/N-ethyl adjacent to an activating group) is 1. The quantitative estimate of drug-likeness (QED) is 0.786. The van der Waals surface area contributed by atoms with Crippen LogP contribution < -0.4 is 5.32 Å². The standard InChI is InChI=1S/C16H20N2O3/c1-4-7-12(2)17-16(21)18(3)11-10-13-8-5-6-9-14(13)15(19)20/h1,5-6,8-9,12H,7,10-11H2,2-3H3,(H,17,21)(H,19,20). The van der Waals surface area contributed by atoms with Crippen LogP contribution in [0.3, 0.4) is 0 Å². The van der Waals surface area contributed by atoms with Gasteiger partial charge >= 0.3 is 12.0 Å². The highest BCUT2D eigenvalue weighted by molar-refractivity contribution is 5.89. The molecule has 0 heterocycles. The normalized spacial score (nSPS) is 11.3. The van der Waals surface area contributed by atoms with Crippen molar-refractivity contribution in [2.45, 2.75) is 25.8 Å². The van der Waals surface area contributed by atoms with E-state index in [4.69, 9.17) is 11.5 Å². The van der Waals surface area contributed by atoms with Crippen LogP contribution in [0.15, 0.2) is 24.3 Å². The van der Waals surface area contributed by atoms with Crippen LogP contribution in [0.5, 0.6) is 0 Å². The maximum absolute atomic E-state index is 11.9. The first-order valence-corrected chi connectivity index (χ1v) is 6.72. The molecule has 1 unspecified atom stereocenters. The van der Waals surface area contributed by atoms with Gasteiger partial charge in [0.15, 0.2) is 0 Å². The molecule has 5 nitrogen and oxygen atoms in total. The van der Waals surface area contributed by atoms with Gasteiger partial charge in [-0.05, 0) is 25.0 Å². The molecular formula is C16H20N2O3. The molecule has 0 aliphatic heterocycles. The number of carbonyl (C=O) groups excluding carboxylic acids is 1. The Morgan fingerprint density at radius 1 is 1.43 bits per heavy atom. The molecule has 112 valence electrons. The van der Waals surface area contributed by atoms with Crippen LogP contribution in [0.2, 0.25) is 0 Å². The monoisotopic (exact) mass is 288 g/mol. The minimum atomic E-state index is -0.958. The third-order valence-electron chi connectivity index (χ3n) is 3.10. The van der Waals surface area contributed by atoms with Gasteiger partial charge < -0.3 is 15.3 Å². The highest BCUT2D eigenvalue weighted by Crippen LogP contribution is 2.10. The summed E-state index contributed by atoms with van der Waals surface area (Å²) < 4.78 is 0. The number of hydrogen-bond acceptors (Lipinski definition) is 2. The number of carboxylic acid groups (broad SMARTS) is 1. The zero-order valence-electron chi connectivity index (χ0n) is 12.3. The zero-order chi connectivity index (χ0) is 15.8. The molecule has 0 spiro atoms. The number of amides is 2. The molecule has 0 fully saturated rings. The molecule has 2 amide bonds. The molecule has 0 aromatic heterocycles. The van der Waals surface area contributed by atoms with E-state index >= 15 is 0 Å². The lowest BCUT2D eigenvalue weighted by Crippen LogP contribution is -2.42. The number of hydrogen-bond donors (Lipinski definition) is 2. The Morgan fingerprint density at radius 2 is 2.10 bits per heavy atom. The van der Waals surface area contributed by atoms with Crippen molar-refractivity contribution in [3.8, 4) is 12.3 Å². The maximum atomic E-state index is 11.9. The Labute approximate surface area is 125 Å². The largest absolute Gasteiger partial charge is 0.478 e.